The van der Waals surface area contributed by atoms with E-state index in [2.05, 4.69) is 0 Å². The Hall–Kier alpha value is -2.95. The van der Waals surface area contributed by atoms with Crippen molar-refractivity contribution in [3.05, 3.63) is 70.8 Å². The van der Waals surface area contributed by atoms with Crippen LogP contribution in [0.4, 0.5) is 0 Å². The molecular weight excluding hydrogens is 306 g/mol. The van der Waals surface area contributed by atoms with Crippen molar-refractivity contribution in [1.29, 1.82) is 0 Å². The zero-order chi connectivity index (χ0) is 17.7. The van der Waals surface area contributed by atoms with Crippen molar-refractivity contribution in [2.24, 2.45) is 0 Å². The molecule has 124 valence electrons. The molecule has 0 aliphatic carbocycles. The molecule has 0 saturated carbocycles. The van der Waals surface area contributed by atoms with Crippen LogP contribution in [-0.2, 0) is 0 Å². The van der Waals surface area contributed by atoms with Crippen LogP contribution in [-0.4, -0.2) is 41.3 Å². The largest absolute Gasteiger partial charge is 0.478 e. The van der Waals surface area contributed by atoms with Crippen LogP contribution in [0.3, 0.4) is 0 Å². The second-order valence-corrected chi connectivity index (χ2v) is 5.53. The second-order valence-electron chi connectivity index (χ2n) is 5.53. The minimum absolute atomic E-state index is 0.0787. The lowest BCUT2D eigenvalue weighted by atomic mass is 9.98. The third-order valence-electron chi connectivity index (χ3n) is 3.63. The van der Waals surface area contributed by atoms with Gasteiger partial charge in [0.05, 0.1) is 5.56 Å². The van der Waals surface area contributed by atoms with E-state index in [0.29, 0.717) is 12.1 Å². The van der Waals surface area contributed by atoms with Crippen LogP contribution in [0.15, 0.2) is 48.5 Å². The molecule has 5 nitrogen and oxygen atoms in total. The first kappa shape index (κ1) is 17.4. The molecule has 1 amide bonds. The number of benzene rings is 2. The Labute approximate surface area is 140 Å². The third kappa shape index (κ3) is 3.87. The fraction of sp³-hybridized carbons (Fsp3) is 0.211. The summed E-state index contributed by atoms with van der Waals surface area (Å²) in [5.41, 5.74) is 0.754. The lowest BCUT2D eigenvalue weighted by molar-refractivity contribution is 0.0697. The molecule has 0 unspecified atom stereocenters. The maximum Gasteiger partial charge on any atom is 0.335 e. The number of ketones is 1. The van der Waals surface area contributed by atoms with Crippen molar-refractivity contribution in [2.75, 3.05) is 13.6 Å². The molecule has 0 radical (unpaired) electrons. The number of carboxylic acid groups (broad SMARTS) is 1. The average Bonchev–Trinajstić information content (AvgIpc) is 2.60. The molecule has 0 fully saturated rings. The molecule has 2 rings (SSSR count). The van der Waals surface area contributed by atoms with E-state index in [1.165, 1.54) is 23.1 Å². The van der Waals surface area contributed by atoms with Crippen LogP contribution < -0.4 is 0 Å². The highest BCUT2D eigenvalue weighted by molar-refractivity contribution is 6.11. The van der Waals surface area contributed by atoms with Gasteiger partial charge in [-0.3, -0.25) is 9.59 Å². The van der Waals surface area contributed by atoms with Crippen molar-refractivity contribution in [3.63, 3.8) is 0 Å². The average molecular weight is 325 g/mol. The number of amides is 1. The molecule has 1 N–H and O–H groups in total. The van der Waals surface area contributed by atoms with Gasteiger partial charge >= 0.3 is 5.97 Å². The third-order valence-corrected chi connectivity index (χ3v) is 3.63. The Bertz CT molecular complexity index is 768. The summed E-state index contributed by atoms with van der Waals surface area (Å²) in [4.78, 5) is 37.9. The normalized spacial score (nSPS) is 10.2. The van der Waals surface area contributed by atoms with Crippen LogP contribution in [0, 0.1) is 0 Å². The topological polar surface area (TPSA) is 74.7 Å². The maximum absolute atomic E-state index is 12.6. The zero-order valence-electron chi connectivity index (χ0n) is 13.7. The van der Waals surface area contributed by atoms with Crippen molar-refractivity contribution in [1.82, 2.24) is 4.90 Å². The summed E-state index contributed by atoms with van der Waals surface area (Å²) < 4.78 is 0. The first-order valence-corrected chi connectivity index (χ1v) is 7.67. The molecular formula is C19H19NO4. The Balaban J connectivity index is 2.47. The lowest BCUT2D eigenvalue weighted by Gasteiger charge is -2.17. The molecule has 0 bridgehead atoms. The van der Waals surface area contributed by atoms with Gasteiger partial charge in [0.15, 0.2) is 5.78 Å². The van der Waals surface area contributed by atoms with Gasteiger partial charge in [0.1, 0.15) is 0 Å². The van der Waals surface area contributed by atoms with E-state index in [1.807, 2.05) is 6.92 Å². The molecule has 0 saturated heterocycles. The van der Waals surface area contributed by atoms with E-state index < -0.39 is 5.97 Å². The van der Waals surface area contributed by atoms with Gasteiger partial charge in [-0.15, -0.1) is 0 Å². The Morgan fingerprint density at radius 3 is 2.08 bits per heavy atom. The summed E-state index contributed by atoms with van der Waals surface area (Å²) in [5, 5.41) is 9.27. The first-order chi connectivity index (χ1) is 11.4. The smallest absolute Gasteiger partial charge is 0.335 e. The van der Waals surface area contributed by atoms with Gasteiger partial charge in [0.25, 0.3) is 5.91 Å². The van der Waals surface area contributed by atoms with E-state index in [1.54, 1.807) is 37.4 Å². The minimum Gasteiger partial charge on any atom is -0.478 e. The molecule has 24 heavy (non-hydrogen) atoms. The molecule has 0 spiro atoms. The van der Waals surface area contributed by atoms with E-state index in [4.69, 9.17) is 0 Å². The van der Waals surface area contributed by atoms with E-state index in [9.17, 15) is 19.5 Å². The first-order valence-electron chi connectivity index (χ1n) is 7.67. The molecule has 2 aromatic rings. The summed E-state index contributed by atoms with van der Waals surface area (Å²) in [6, 6.07) is 12.6. The van der Waals surface area contributed by atoms with Crippen LogP contribution in [0.25, 0.3) is 0 Å². The SMILES string of the molecule is CCCN(C)C(=O)c1cc(C(=O)O)cc(C(=O)c2ccccc2)c1. The number of hydrogen-bond acceptors (Lipinski definition) is 3. The van der Waals surface area contributed by atoms with Gasteiger partial charge in [-0.25, -0.2) is 4.79 Å². The number of nitrogens with zero attached hydrogens (tertiary/aromatic N) is 1. The van der Waals surface area contributed by atoms with Gasteiger partial charge < -0.3 is 10.0 Å². The Morgan fingerprint density at radius 2 is 1.50 bits per heavy atom. The highest BCUT2D eigenvalue weighted by Crippen LogP contribution is 2.16. The predicted molar refractivity (Wildman–Crippen MR) is 90.5 cm³/mol. The number of carboxylic acids is 1. The van der Waals surface area contributed by atoms with E-state index in [0.717, 1.165) is 6.42 Å². The summed E-state index contributed by atoms with van der Waals surface area (Å²) in [7, 11) is 1.65. The Morgan fingerprint density at radius 1 is 0.917 bits per heavy atom. The summed E-state index contributed by atoms with van der Waals surface area (Å²) in [6.45, 7) is 2.50. The highest BCUT2D eigenvalue weighted by Gasteiger charge is 2.18. The van der Waals surface area contributed by atoms with Crippen LogP contribution in [0.5, 0.6) is 0 Å². The minimum atomic E-state index is -1.18. The zero-order valence-corrected chi connectivity index (χ0v) is 13.7. The second kappa shape index (κ2) is 7.55. The van der Waals surface area contributed by atoms with E-state index in [-0.39, 0.29) is 28.4 Å². The van der Waals surface area contributed by atoms with Crippen molar-refractivity contribution in [2.45, 2.75) is 13.3 Å². The summed E-state index contributed by atoms with van der Waals surface area (Å²) in [6.07, 6.45) is 0.788. The van der Waals surface area contributed by atoms with E-state index >= 15 is 0 Å². The number of carbonyl (C=O) groups is 3. The van der Waals surface area contributed by atoms with Gasteiger partial charge in [0.2, 0.25) is 0 Å². The van der Waals surface area contributed by atoms with Gasteiger partial charge in [-0.1, -0.05) is 37.3 Å². The molecule has 2 aromatic carbocycles. The van der Waals surface area contributed by atoms with Crippen LogP contribution >= 0.6 is 0 Å². The number of carbonyl (C=O) groups excluding carboxylic acids is 2. The van der Waals surface area contributed by atoms with Crippen LogP contribution in [0.2, 0.25) is 0 Å². The summed E-state index contributed by atoms with van der Waals surface area (Å²) in [5.74, 6) is -1.79. The molecule has 0 aliphatic rings. The quantitative estimate of drug-likeness (QED) is 0.828. The standard InChI is InChI=1S/C19H19NO4/c1-3-9-20(2)18(22)15-10-14(11-16(12-15)19(23)24)17(21)13-7-5-4-6-8-13/h4-8,10-12H,3,9H2,1-2H3,(H,23,24). The highest BCUT2D eigenvalue weighted by atomic mass is 16.4. The number of aromatic carboxylic acids is 1. The molecule has 0 aliphatic heterocycles. The fourth-order valence-electron chi connectivity index (χ4n) is 2.42. The molecule has 0 atom stereocenters. The monoisotopic (exact) mass is 325 g/mol. The Kier molecular flexibility index (Phi) is 5.47. The van der Waals surface area contributed by atoms with Gasteiger partial charge in [-0.2, -0.15) is 0 Å². The van der Waals surface area contributed by atoms with Crippen molar-refractivity contribution in [3.8, 4) is 0 Å². The molecule has 5 heteroatoms. The van der Waals surface area contributed by atoms with Crippen LogP contribution in [0.1, 0.15) is 50.0 Å². The lowest BCUT2D eigenvalue weighted by Crippen LogP contribution is -2.27. The fourth-order valence-corrected chi connectivity index (χ4v) is 2.42. The summed E-state index contributed by atoms with van der Waals surface area (Å²) >= 11 is 0. The molecule has 0 aromatic heterocycles. The number of hydrogen-bond donors (Lipinski definition) is 1. The van der Waals surface area contributed by atoms with Gasteiger partial charge in [-0.05, 0) is 24.6 Å². The maximum atomic E-state index is 12.6. The van der Waals surface area contributed by atoms with Crippen molar-refractivity contribution < 1.29 is 19.5 Å². The van der Waals surface area contributed by atoms with Crippen molar-refractivity contribution >= 4 is 17.7 Å². The van der Waals surface area contributed by atoms with Gasteiger partial charge in [0, 0.05) is 30.3 Å². The number of rotatable bonds is 6. The predicted octanol–water partition coefficient (Wildman–Crippen LogP) is 3.10. The molecule has 0 heterocycles.